The van der Waals surface area contributed by atoms with Crippen molar-refractivity contribution in [2.75, 3.05) is 32.8 Å². The molecule has 0 radical (unpaired) electrons. The number of fused-ring (bicyclic) bond motifs is 1. The van der Waals surface area contributed by atoms with Crippen molar-refractivity contribution in [2.24, 2.45) is 0 Å². The van der Waals surface area contributed by atoms with Crippen LogP contribution in [-0.4, -0.2) is 60.6 Å². The number of amides is 2. The van der Waals surface area contributed by atoms with Crippen LogP contribution >= 0.6 is 22.9 Å². The molecule has 1 fully saturated rings. The van der Waals surface area contributed by atoms with Crippen molar-refractivity contribution in [1.82, 2.24) is 9.80 Å². The van der Waals surface area contributed by atoms with E-state index >= 15 is 0 Å². The van der Waals surface area contributed by atoms with Gasteiger partial charge in [-0.05, 0) is 72.0 Å². The second-order valence-corrected chi connectivity index (χ2v) is 11.9. The van der Waals surface area contributed by atoms with Crippen LogP contribution in [0.15, 0.2) is 60.0 Å². The van der Waals surface area contributed by atoms with Gasteiger partial charge in [-0.2, -0.15) is 0 Å². The maximum absolute atomic E-state index is 13.9. The van der Waals surface area contributed by atoms with Gasteiger partial charge in [0.1, 0.15) is 18.9 Å². The standard InChI is InChI=1S/C31H35ClN2O4S/c1-21(2)22-9-11-23(12-10-22)38-20-28-26-14-17-39-29(26)13-15-34(28)30(35)19-33(18-24-6-5-16-37-24)31(36)25-7-3-4-8-27(25)32/h3-4,7-12,14,17,21,24,28H,5-6,13,15-16,18-20H2,1-2H3/t24-,28-/m0/s1. The molecule has 5 rings (SSSR count). The summed E-state index contributed by atoms with van der Waals surface area (Å²) in [7, 11) is 0. The Hall–Kier alpha value is -2.87. The minimum atomic E-state index is -0.254. The van der Waals surface area contributed by atoms with Crippen LogP contribution in [0.2, 0.25) is 5.02 Å². The van der Waals surface area contributed by atoms with E-state index in [0.29, 0.717) is 42.8 Å². The van der Waals surface area contributed by atoms with E-state index in [1.54, 1.807) is 40.5 Å². The van der Waals surface area contributed by atoms with Gasteiger partial charge in [0.25, 0.3) is 5.91 Å². The fraction of sp³-hybridized carbons (Fsp3) is 0.419. The van der Waals surface area contributed by atoms with E-state index in [1.807, 2.05) is 17.0 Å². The van der Waals surface area contributed by atoms with Crippen molar-refractivity contribution in [1.29, 1.82) is 0 Å². The molecular formula is C31H35ClN2O4S. The van der Waals surface area contributed by atoms with Gasteiger partial charge in [-0.3, -0.25) is 9.59 Å². The molecule has 2 amide bonds. The third kappa shape index (κ3) is 6.48. The van der Waals surface area contributed by atoms with Crippen molar-refractivity contribution >= 4 is 34.8 Å². The van der Waals surface area contributed by atoms with Crippen molar-refractivity contribution in [3.05, 3.63) is 86.6 Å². The summed E-state index contributed by atoms with van der Waals surface area (Å²) in [6.07, 6.45) is 2.54. The number of halogens is 1. The number of nitrogens with zero attached hydrogens (tertiary/aromatic N) is 2. The minimum Gasteiger partial charge on any atom is -0.491 e. The molecule has 2 aliphatic heterocycles. The first kappa shape index (κ1) is 27.7. The molecule has 0 unspecified atom stereocenters. The Morgan fingerprint density at radius 2 is 1.95 bits per heavy atom. The number of carbonyl (C=O) groups is 2. The summed E-state index contributed by atoms with van der Waals surface area (Å²) >= 11 is 8.09. The molecule has 39 heavy (non-hydrogen) atoms. The number of thiophene rings is 1. The molecule has 8 heteroatoms. The molecule has 0 N–H and O–H groups in total. The molecule has 1 aromatic heterocycles. The Balaban J connectivity index is 1.34. The number of carbonyl (C=O) groups excluding carboxylic acids is 2. The largest absolute Gasteiger partial charge is 0.491 e. The summed E-state index contributed by atoms with van der Waals surface area (Å²) in [5, 5.41) is 2.45. The molecule has 0 saturated carbocycles. The third-order valence-electron chi connectivity index (χ3n) is 7.54. The highest BCUT2D eigenvalue weighted by Gasteiger charge is 2.34. The monoisotopic (exact) mass is 566 g/mol. The average Bonchev–Trinajstić information content (AvgIpc) is 3.64. The molecule has 0 aliphatic carbocycles. The van der Waals surface area contributed by atoms with Gasteiger partial charge >= 0.3 is 0 Å². The van der Waals surface area contributed by atoms with Crippen molar-refractivity contribution in [2.45, 2.75) is 51.2 Å². The van der Waals surface area contributed by atoms with Gasteiger partial charge < -0.3 is 19.3 Å². The van der Waals surface area contributed by atoms with Crippen LogP contribution in [0.1, 0.15) is 65.0 Å². The summed E-state index contributed by atoms with van der Waals surface area (Å²) in [4.78, 5) is 32.2. The second kappa shape index (κ2) is 12.5. The lowest BCUT2D eigenvalue weighted by molar-refractivity contribution is -0.135. The highest BCUT2D eigenvalue weighted by Crippen LogP contribution is 2.34. The average molecular weight is 567 g/mol. The Morgan fingerprint density at radius 3 is 2.67 bits per heavy atom. The first-order valence-corrected chi connectivity index (χ1v) is 14.9. The van der Waals surface area contributed by atoms with Crippen LogP contribution in [0.4, 0.5) is 0 Å². The second-order valence-electron chi connectivity index (χ2n) is 10.5. The fourth-order valence-electron chi connectivity index (χ4n) is 5.31. The highest BCUT2D eigenvalue weighted by atomic mass is 35.5. The zero-order valence-electron chi connectivity index (χ0n) is 22.5. The van der Waals surface area contributed by atoms with Gasteiger partial charge in [0.15, 0.2) is 0 Å². The van der Waals surface area contributed by atoms with Crippen LogP contribution < -0.4 is 4.74 Å². The number of rotatable bonds is 9. The molecule has 2 atom stereocenters. The molecule has 1 saturated heterocycles. The maximum atomic E-state index is 13.9. The Kier molecular flexibility index (Phi) is 8.90. The molecule has 206 valence electrons. The lowest BCUT2D eigenvalue weighted by atomic mass is 10.00. The Morgan fingerprint density at radius 1 is 1.15 bits per heavy atom. The molecule has 2 aromatic carbocycles. The number of hydrogen-bond acceptors (Lipinski definition) is 5. The SMILES string of the molecule is CC(C)c1ccc(OC[C@H]2c3ccsc3CCN2C(=O)CN(C[C@@H]2CCCO2)C(=O)c2ccccc2Cl)cc1. The molecular weight excluding hydrogens is 532 g/mol. The number of ether oxygens (including phenoxy) is 2. The zero-order valence-corrected chi connectivity index (χ0v) is 24.0. The van der Waals surface area contributed by atoms with E-state index in [2.05, 4.69) is 37.4 Å². The minimum absolute atomic E-state index is 0.0387. The number of benzene rings is 2. The first-order chi connectivity index (χ1) is 18.9. The first-order valence-electron chi connectivity index (χ1n) is 13.6. The summed E-state index contributed by atoms with van der Waals surface area (Å²) < 4.78 is 12.0. The summed E-state index contributed by atoms with van der Waals surface area (Å²) in [5.41, 5.74) is 2.78. The van der Waals surface area contributed by atoms with E-state index in [4.69, 9.17) is 21.1 Å². The van der Waals surface area contributed by atoms with Crippen LogP contribution in [0.25, 0.3) is 0 Å². The molecule has 6 nitrogen and oxygen atoms in total. The lowest BCUT2D eigenvalue weighted by Gasteiger charge is -2.37. The lowest BCUT2D eigenvalue weighted by Crippen LogP contribution is -2.49. The Labute approximate surface area is 239 Å². The van der Waals surface area contributed by atoms with Gasteiger partial charge in [0.2, 0.25) is 5.91 Å². The summed E-state index contributed by atoms with van der Waals surface area (Å²) in [6, 6.07) is 17.0. The highest BCUT2D eigenvalue weighted by molar-refractivity contribution is 7.10. The maximum Gasteiger partial charge on any atom is 0.255 e. The van der Waals surface area contributed by atoms with Gasteiger partial charge in [0.05, 0.1) is 22.7 Å². The van der Waals surface area contributed by atoms with Crippen LogP contribution in [0, 0.1) is 0 Å². The predicted molar refractivity (Wildman–Crippen MR) is 155 cm³/mol. The summed E-state index contributed by atoms with van der Waals surface area (Å²) in [6.45, 7) is 6.26. The molecule has 0 spiro atoms. The van der Waals surface area contributed by atoms with Crippen LogP contribution in [-0.2, 0) is 16.0 Å². The normalized spacial score (nSPS) is 18.7. The molecule has 3 aromatic rings. The molecule has 2 aliphatic rings. The van der Waals surface area contributed by atoms with Gasteiger partial charge in [-0.1, -0.05) is 49.7 Å². The molecule has 3 heterocycles. The van der Waals surface area contributed by atoms with Gasteiger partial charge in [-0.15, -0.1) is 11.3 Å². The quantitative estimate of drug-likeness (QED) is 0.303. The van der Waals surface area contributed by atoms with Crippen molar-refractivity contribution in [3.63, 3.8) is 0 Å². The van der Waals surface area contributed by atoms with E-state index in [1.165, 1.54) is 10.4 Å². The topological polar surface area (TPSA) is 59.1 Å². The van der Waals surface area contributed by atoms with E-state index in [-0.39, 0.29) is 30.5 Å². The van der Waals surface area contributed by atoms with Crippen molar-refractivity contribution in [3.8, 4) is 5.75 Å². The van der Waals surface area contributed by atoms with E-state index in [0.717, 1.165) is 30.6 Å². The van der Waals surface area contributed by atoms with E-state index < -0.39 is 0 Å². The predicted octanol–water partition coefficient (Wildman–Crippen LogP) is 6.35. The fourth-order valence-corrected chi connectivity index (χ4v) is 6.46. The van der Waals surface area contributed by atoms with Gasteiger partial charge in [-0.25, -0.2) is 0 Å². The van der Waals surface area contributed by atoms with Gasteiger partial charge in [0, 0.05) is 24.6 Å². The Bertz CT molecular complexity index is 1290. The number of hydrogen-bond donors (Lipinski definition) is 0. The summed E-state index contributed by atoms with van der Waals surface area (Å²) in [5.74, 6) is 0.873. The zero-order chi connectivity index (χ0) is 27.4. The smallest absolute Gasteiger partial charge is 0.255 e. The van der Waals surface area contributed by atoms with Crippen LogP contribution in [0.5, 0.6) is 5.75 Å². The van der Waals surface area contributed by atoms with Crippen molar-refractivity contribution < 1.29 is 19.1 Å². The molecule has 0 bridgehead atoms. The third-order valence-corrected chi connectivity index (χ3v) is 8.86. The van der Waals surface area contributed by atoms with Crippen LogP contribution in [0.3, 0.4) is 0 Å². The van der Waals surface area contributed by atoms with E-state index in [9.17, 15) is 9.59 Å².